The smallest absolute Gasteiger partial charge is 0.317 e. The van der Waals surface area contributed by atoms with Crippen molar-refractivity contribution in [2.45, 2.75) is 72.3 Å². The second-order valence-electron chi connectivity index (χ2n) is 7.35. The van der Waals surface area contributed by atoms with E-state index in [1.807, 2.05) is 11.8 Å². The van der Waals surface area contributed by atoms with Gasteiger partial charge in [0.1, 0.15) is 0 Å². The summed E-state index contributed by atoms with van der Waals surface area (Å²) in [6.07, 6.45) is 6.46. The number of hydrogen-bond acceptors (Lipinski definition) is 2. The van der Waals surface area contributed by atoms with Crippen molar-refractivity contribution in [2.24, 2.45) is 11.3 Å². The summed E-state index contributed by atoms with van der Waals surface area (Å²) < 4.78 is 0. The third-order valence-electron chi connectivity index (χ3n) is 4.68. The van der Waals surface area contributed by atoms with Gasteiger partial charge in [-0.15, -0.1) is 0 Å². The van der Waals surface area contributed by atoms with Crippen LogP contribution in [-0.4, -0.2) is 41.8 Å². The molecule has 1 fully saturated rings. The molecule has 1 aliphatic heterocycles. The number of hydrogen-bond donors (Lipinski definition) is 2. The van der Waals surface area contributed by atoms with Crippen LogP contribution in [0.1, 0.15) is 66.2 Å². The average molecular weight is 298 g/mol. The fourth-order valence-corrected chi connectivity index (χ4v) is 2.95. The third-order valence-corrected chi connectivity index (χ3v) is 4.68. The molecule has 1 atom stereocenters. The molecule has 0 aromatic carbocycles. The maximum atomic E-state index is 12.2. The minimum atomic E-state index is -0.257. The Balaban J connectivity index is 2.27. The van der Waals surface area contributed by atoms with E-state index in [9.17, 15) is 9.90 Å². The van der Waals surface area contributed by atoms with Crippen molar-refractivity contribution in [3.63, 3.8) is 0 Å². The van der Waals surface area contributed by atoms with E-state index in [1.54, 1.807) is 0 Å². The van der Waals surface area contributed by atoms with Gasteiger partial charge in [-0.2, -0.15) is 0 Å². The van der Waals surface area contributed by atoms with Gasteiger partial charge in [0.25, 0.3) is 0 Å². The van der Waals surface area contributed by atoms with Gasteiger partial charge in [-0.05, 0) is 37.5 Å². The molecule has 4 heteroatoms. The van der Waals surface area contributed by atoms with E-state index in [0.717, 1.165) is 38.9 Å². The van der Waals surface area contributed by atoms with Gasteiger partial charge in [-0.3, -0.25) is 0 Å². The summed E-state index contributed by atoms with van der Waals surface area (Å²) in [4.78, 5) is 14.1. The quantitative estimate of drug-likeness (QED) is 0.708. The Morgan fingerprint density at radius 1 is 1.33 bits per heavy atom. The normalized spacial score (nSPS) is 18.6. The molecule has 0 aliphatic carbocycles. The molecule has 1 rings (SSSR count). The number of carbonyl (C=O) groups excluding carboxylic acids is 1. The summed E-state index contributed by atoms with van der Waals surface area (Å²) in [6.45, 7) is 10.8. The molecule has 0 radical (unpaired) electrons. The molecule has 1 heterocycles. The molecule has 0 bridgehead atoms. The lowest BCUT2D eigenvalue weighted by Crippen LogP contribution is -2.47. The van der Waals surface area contributed by atoms with Crippen LogP contribution in [0.5, 0.6) is 0 Å². The van der Waals surface area contributed by atoms with E-state index in [2.05, 4.69) is 26.1 Å². The molecule has 1 aliphatic rings. The van der Waals surface area contributed by atoms with Crippen molar-refractivity contribution in [3.05, 3.63) is 0 Å². The summed E-state index contributed by atoms with van der Waals surface area (Å²) in [6, 6.07) is 0.0580. The zero-order chi connectivity index (χ0) is 15.9. The Morgan fingerprint density at radius 3 is 2.48 bits per heavy atom. The highest BCUT2D eigenvalue weighted by Gasteiger charge is 2.26. The molecule has 0 saturated carbocycles. The van der Waals surface area contributed by atoms with Crippen molar-refractivity contribution in [2.75, 3.05) is 19.6 Å². The monoisotopic (exact) mass is 298 g/mol. The van der Waals surface area contributed by atoms with E-state index in [1.165, 1.54) is 19.3 Å². The molecular formula is C17H34N2O2. The number of nitrogens with one attached hydrogen (secondary N) is 1. The van der Waals surface area contributed by atoms with Gasteiger partial charge in [0.2, 0.25) is 0 Å². The number of urea groups is 1. The van der Waals surface area contributed by atoms with Crippen molar-refractivity contribution >= 4 is 6.03 Å². The van der Waals surface area contributed by atoms with Crippen LogP contribution in [0, 0.1) is 11.3 Å². The van der Waals surface area contributed by atoms with Gasteiger partial charge in [0, 0.05) is 19.6 Å². The van der Waals surface area contributed by atoms with Crippen molar-refractivity contribution < 1.29 is 9.90 Å². The van der Waals surface area contributed by atoms with Crippen LogP contribution in [0.25, 0.3) is 0 Å². The Bertz CT molecular complexity index is 308. The van der Waals surface area contributed by atoms with E-state index < -0.39 is 0 Å². The second-order valence-corrected chi connectivity index (χ2v) is 7.35. The zero-order valence-corrected chi connectivity index (χ0v) is 14.3. The Morgan fingerprint density at radius 2 is 1.95 bits per heavy atom. The average Bonchev–Trinajstić information content (AvgIpc) is 2.45. The van der Waals surface area contributed by atoms with Gasteiger partial charge in [0.05, 0.1) is 6.10 Å². The summed E-state index contributed by atoms with van der Waals surface area (Å²) in [5, 5.41) is 12.7. The van der Waals surface area contributed by atoms with Crippen LogP contribution in [-0.2, 0) is 0 Å². The molecule has 0 spiro atoms. The maximum Gasteiger partial charge on any atom is 0.317 e. The standard InChI is InChI=1S/C17H34N2O2/c1-5-6-7-10-17(3,4)13-18-16(21)19-11-8-15(9-12-19)14(2)20/h14-15,20H,5-13H2,1-4H3,(H,18,21). The molecular weight excluding hydrogens is 264 g/mol. The Labute approximate surface area is 130 Å². The molecule has 0 aromatic heterocycles. The molecule has 1 saturated heterocycles. The number of carbonyl (C=O) groups is 1. The van der Waals surface area contributed by atoms with Crippen LogP contribution in [0.15, 0.2) is 0 Å². The Kier molecular flexibility index (Phi) is 7.50. The number of piperidine rings is 1. The van der Waals surface area contributed by atoms with Crippen molar-refractivity contribution in [1.29, 1.82) is 0 Å². The van der Waals surface area contributed by atoms with E-state index in [0.29, 0.717) is 5.92 Å². The lowest BCUT2D eigenvalue weighted by atomic mass is 9.87. The topological polar surface area (TPSA) is 52.6 Å². The van der Waals surface area contributed by atoms with Crippen LogP contribution in [0.2, 0.25) is 0 Å². The zero-order valence-electron chi connectivity index (χ0n) is 14.3. The summed E-state index contributed by atoms with van der Waals surface area (Å²) in [7, 11) is 0. The van der Waals surface area contributed by atoms with Crippen LogP contribution in [0.3, 0.4) is 0 Å². The first-order chi connectivity index (χ1) is 9.85. The number of nitrogens with zero attached hydrogens (tertiary/aromatic N) is 1. The van der Waals surface area contributed by atoms with Crippen LogP contribution >= 0.6 is 0 Å². The van der Waals surface area contributed by atoms with Gasteiger partial charge in [0.15, 0.2) is 0 Å². The predicted octanol–water partition coefficient (Wildman–Crippen LogP) is 3.40. The number of unbranched alkanes of at least 4 members (excludes halogenated alkanes) is 2. The summed E-state index contributed by atoms with van der Waals surface area (Å²) >= 11 is 0. The maximum absolute atomic E-state index is 12.2. The minimum absolute atomic E-state index is 0.0580. The van der Waals surface area contributed by atoms with Crippen LogP contribution < -0.4 is 5.32 Å². The second kappa shape index (κ2) is 8.62. The predicted molar refractivity (Wildman–Crippen MR) is 87.3 cm³/mol. The number of likely N-dealkylation sites (tertiary alicyclic amines) is 1. The van der Waals surface area contributed by atoms with Gasteiger partial charge < -0.3 is 15.3 Å². The van der Waals surface area contributed by atoms with E-state index in [-0.39, 0.29) is 17.6 Å². The highest BCUT2D eigenvalue weighted by molar-refractivity contribution is 5.74. The van der Waals surface area contributed by atoms with Gasteiger partial charge in [-0.25, -0.2) is 4.79 Å². The number of amides is 2. The largest absolute Gasteiger partial charge is 0.393 e. The lowest BCUT2D eigenvalue weighted by Gasteiger charge is -2.34. The first-order valence-electron chi connectivity index (χ1n) is 8.56. The van der Waals surface area contributed by atoms with Gasteiger partial charge >= 0.3 is 6.03 Å². The van der Waals surface area contributed by atoms with E-state index in [4.69, 9.17) is 0 Å². The van der Waals surface area contributed by atoms with E-state index >= 15 is 0 Å². The molecule has 4 nitrogen and oxygen atoms in total. The number of aliphatic hydroxyl groups is 1. The SMILES string of the molecule is CCCCCC(C)(C)CNC(=O)N1CCC(C(C)O)CC1. The highest BCUT2D eigenvalue weighted by Crippen LogP contribution is 2.23. The molecule has 1 unspecified atom stereocenters. The third kappa shape index (κ3) is 6.68. The fraction of sp³-hybridized carbons (Fsp3) is 0.941. The van der Waals surface area contributed by atoms with Gasteiger partial charge in [-0.1, -0.05) is 40.0 Å². The summed E-state index contributed by atoms with van der Waals surface area (Å²) in [5.41, 5.74) is 0.169. The molecule has 2 amide bonds. The Hall–Kier alpha value is -0.770. The first-order valence-corrected chi connectivity index (χ1v) is 8.56. The molecule has 21 heavy (non-hydrogen) atoms. The van der Waals surface area contributed by atoms with Crippen LogP contribution in [0.4, 0.5) is 4.79 Å². The molecule has 0 aromatic rings. The number of aliphatic hydroxyl groups excluding tert-OH is 1. The highest BCUT2D eigenvalue weighted by atomic mass is 16.3. The minimum Gasteiger partial charge on any atom is -0.393 e. The molecule has 124 valence electrons. The molecule has 2 N–H and O–H groups in total. The number of rotatable bonds is 7. The van der Waals surface area contributed by atoms with Crippen molar-refractivity contribution in [1.82, 2.24) is 10.2 Å². The fourth-order valence-electron chi connectivity index (χ4n) is 2.95. The van der Waals surface area contributed by atoms with Crippen molar-refractivity contribution in [3.8, 4) is 0 Å². The lowest BCUT2D eigenvalue weighted by molar-refractivity contribution is 0.0793. The summed E-state index contributed by atoms with van der Waals surface area (Å²) in [5.74, 6) is 0.347. The first kappa shape index (κ1) is 18.3.